The van der Waals surface area contributed by atoms with E-state index in [1.54, 1.807) is 0 Å². The maximum Gasteiger partial charge on any atom is 0.341 e. The number of nitrogens with one attached hydrogen (secondary N) is 1. The van der Waals surface area contributed by atoms with Gasteiger partial charge in [-0.2, -0.15) is 13.9 Å². The standard InChI is InChI=1S/C13H9Cl2F2N3O4S/c14-9-5-18-20(12(22)11(9)15)6-10(21)19-7-1-3-8(4-2-7)25(23,24)13(16)17/h1-5,13H,6H2,(H,19,21). The lowest BCUT2D eigenvalue weighted by Crippen LogP contribution is -2.29. The van der Waals surface area contributed by atoms with Crippen LogP contribution in [0.2, 0.25) is 10.0 Å². The van der Waals surface area contributed by atoms with Gasteiger partial charge in [-0.3, -0.25) is 9.59 Å². The molecule has 0 spiro atoms. The van der Waals surface area contributed by atoms with Crippen LogP contribution in [-0.4, -0.2) is 29.9 Å². The molecule has 25 heavy (non-hydrogen) atoms. The second-order valence-electron chi connectivity index (χ2n) is 4.65. The molecule has 0 fully saturated rings. The van der Waals surface area contributed by atoms with Gasteiger partial charge >= 0.3 is 5.76 Å². The normalized spacial score (nSPS) is 11.6. The minimum atomic E-state index is -4.71. The summed E-state index contributed by atoms with van der Waals surface area (Å²) < 4.78 is 48.2. The molecule has 12 heteroatoms. The predicted molar refractivity (Wildman–Crippen MR) is 86.8 cm³/mol. The number of sulfone groups is 1. The van der Waals surface area contributed by atoms with Gasteiger partial charge in [0, 0.05) is 5.69 Å². The minimum Gasteiger partial charge on any atom is -0.324 e. The Morgan fingerprint density at radius 2 is 1.84 bits per heavy atom. The van der Waals surface area contributed by atoms with E-state index in [1.807, 2.05) is 0 Å². The Morgan fingerprint density at radius 3 is 2.40 bits per heavy atom. The zero-order valence-corrected chi connectivity index (χ0v) is 14.4. The molecular weight excluding hydrogens is 403 g/mol. The van der Waals surface area contributed by atoms with Gasteiger partial charge in [-0.15, -0.1) is 0 Å². The maximum atomic E-state index is 12.4. The molecule has 0 atom stereocenters. The lowest BCUT2D eigenvalue weighted by Gasteiger charge is -2.08. The van der Waals surface area contributed by atoms with Gasteiger partial charge in [0.15, 0.2) is 0 Å². The predicted octanol–water partition coefficient (Wildman–Crippen LogP) is 2.19. The Balaban J connectivity index is 2.12. The summed E-state index contributed by atoms with van der Waals surface area (Å²) in [6.07, 6.45) is 1.10. The van der Waals surface area contributed by atoms with Crippen LogP contribution in [0.15, 0.2) is 40.2 Å². The fourth-order valence-electron chi connectivity index (χ4n) is 1.72. The Morgan fingerprint density at radius 1 is 1.24 bits per heavy atom. The molecule has 0 radical (unpaired) electrons. The largest absolute Gasteiger partial charge is 0.341 e. The number of benzene rings is 1. The van der Waals surface area contributed by atoms with Crippen LogP contribution >= 0.6 is 23.2 Å². The molecule has 0 unspecified atom stereocenters. The molecule has 1 amide bonds. The van der Waals surface area contributed by atoms with Crippen molar-refractivity contribution in [2.75, 3.05) is 5.32 Å². The Bertz CT molecular complexity index is 962. The van der Waals surface area contributed by atoms with Crippen LogP contribution in [0, 0.1) is 0 Å². The van der Waals surface area contributed by atoms with Crippen LogP contribution in [0.3, 0.4) is 0 Å². The van der Waals surface area contributed by atoms with E-state index >= 15 is 0 Å². The number of anilines is 1. The molecule has 1 N–H and O–H groups in total. The second-order valence-corrected chi connectivity index (χ2v) is 7.35. The minimum absolute atomic E-state index is 0.0563. The van der Waals surface area contributed by atoms with Crippen LogP contribution in [-0.2, 0) is 21.2 Å². The quantitative estimate of drug-likeness (QED) is 0.812. The number of rotatable bonds is 5. The van der Waals surface area contributed by atoms with Crippen LogP contribution in [0.4, 0.5) is 14.5 Å². The highest BCUT2D eigenvalue weighted by Gasteiger charge is 2.26. The Kier molecular flexibility index (Phi) is 5.76. The molecular formula is C13H9Cl2F2N3O4S. The third kappa shape index (κ3) is 4.33. The molecule has 0 saturated carbocycles. The topological polar surface area (TPSA) is 98.1 Å². The Hall–Kier alpha value is -2.04. The van der Waals surface area contributed by atoms with Crippen molar-refractivity contribution in [3.05, 3.63) is 50.9 Å². The Labute approximate surface area is 150 Å². The third-order valence-corrected chi connectivity index (χ3v) is 5.08. The number of carbonyl (C=O) groups is 1. The maximum absolute atomic E-state index is 12.4. The van der Waals surface area contributed by atoms with E-state index in [2.05, 4.69) is 10.4 Å². The zero-order chi connectivity index (χ0) is 18.8. The van der Waals surface area contributed by atoms with Crippen LogP contribution in [0.5, 0.6) is 0 Å². The first-order chi connectivity index (χ1) is 11.6. The summed E-state index contributed by atoms with van der Waals surface area (Å²) in [4.78, 5) is 23.1. The number of hydrogen-bond donors (Lipinski definition) is 1. The number of nitrogens with zero attached hydrogens (tertiary/aromatic N) is 2. The van der Waals surface area contributed by atoms with Crippen molar-refractivity contribution in [2.24, 2.45) is 0 Å². The molecule has 0 saturated heterocycles. The van der Waals surface area contributed by atoms with E-state index in [9.17, 15) is 26.8 Å². The summed E-state index contributed by atoms with van der Waals surface area (Å²) >= 11 is 11.3. The van der Waals surface area contributed by atoms with Gasteiger partial charge < -0.3 is 5.32 Å². The lowest BCUT2D eigenvalue weighted by molar-refractivity contribution is -0.117. The smallest absolute Gasteiger partial charge is 0.324 e. The first-order valence-corrected chi connectivity index (χ1v) is 8.76. The summed E-state index contributed by atoms with van der Waals surface area (Å²) in [5.41, 5.74) is -0.617. The van der Waals surface area contributed by atoms with Crippen molar-refractivity contribution in [1.82, 2.24) is 9.78 Å². The molecule has 0 aliphatic carbocycles. The number of aromatic nitrogens is 2. The second kappa shape index (κ2) is 7.46. The number of halogens is 4. The number of amides is 1. The highest BCUT2D eigenvalue weighted by Crippen LogP contribution is 2.20. The fourth-order valence-corrected chi connectivity index (χ4v) is 2.72. The third-order valence-electron chi connectivity index (χ3n) is 2.94. The van der Waals surface area contributed by atoms with Gasteiger partial charge in [0.1, 0.15) is 11.6 Å². The van der Waals surface area contributed by atoms with Gasteiger partial charge in [0.05, 0.1) is 16.1 Å². The molecule has 1 heterocycles. The van der Waals surface area contributed by atoms with E-state index in [1.165, 1.54) is 0 Å². The zero-order valence-electron chi connectivity index (χ0n) is 12.1. The van der Waals surface area contributed by atoms with Crippen molar-refractivity contribution in [1.29, 1.82) is 0 Å². The SMILES string of the molecule is O=C(Cn1ncc(Cl)c(Cl)c1=O)Nc1ccc(S(=O)(=O)C(F)F)cc1. The van der Waals surface area contributed by atoms with Crippen LogP contribution in [0.1, 0.15) is 0 Å². The molecule has 1 aromatic carbocycles. The lowest BCUT2D eigenvalue weighted by atomic mass is 10.3. The van der Waals surface area contributed by atoms with Crippen molar-refractivity contribution >= 4 is 44.6 Å². The van der Waals surface area contributed by atoms with Gasteiger partial charge in [-0.25, -0.2) is 13.1 Å². The van der Waals surface area contributed by atoms with E-state index in [0.717, 1.165) is 35.1 Å². The molecule has 0 bridgehead atoms. The molecule has 0 aliphatic heterocycles. The van der Waals surface area contributed by atoms with E-state index in [4.69, 9.17) is 23.2 Å². The summed E-state index contributed by atoms with van der Waals surface area (Å²) in [6, 6.07) is 4.14. The van der Waals surface area contributed by atoms with E-state index < -0.39 is 38.5 Å². The van der Waals surface area contributed by atoms with Crippen molar-refractivity contribution < 1.29 is 22.0 Å². The van der Waals surface area contributed by atoms with Crippen LogP contribution < -0.4 is 10.9 Å². The summed E-state index contributed by atoms with van der Waals surface area (Å²) in [7, 11) is -4.71. The van der Waals surface area contributed by atoms with Gasteiger partial charge in [0.25, 0.3) is 5.56 Å². The number of hydrogen-bond acceptors (Lipinski definition) is 5. The molecule has 2 aromatic rings. The van der Waals surface area contributed by atoms with Crippen molar-refractivity contribution in [3.8, 4) is 0 Å². The average Bonchev–Trinajstić information content (AvgIpc) is 2.56. The summed E-state index contributed by atoms with van der Waals surface area (Å²) in [5, 5.41) is 5.67. The van der Waals surface area contributed by atoms with Crippen LogP contribution in [0.25, 0.3) is 0 Å². The first kappa shape index (κ1) is 19.3. The summed E-state index contributed by atoms with van der Waals surface area (Å²) in [5.74, 6) is -4.21. The highest BCUT2D eigenvalue weighted by molar-refractivity contribution is 7.91. The number of alkyl halides is 2. The first-order valence-electron chi connectivity index (χ1n) is 6.46. The molecule has 1 aromatic heterocycles. The van der Waals surface area contributed by atoms with Gasteiger partial charge in [0.2, 0.25) is 15.7 Å². The molecule has 7 nitrogen and oxygen atoms in total. The monoisotopic (exact) mass is 411 g/mol. The molecule has 134 valence electrons. The molecule has 0 aliphatic rings. The number of carbonyl (C=O) groups excluding carboxylic acids is 1. The molecule has 2 rings (SSSR count). The van der Waals surface area contributed by atoms with Gasteiger partial charge in [-0.1, -0.05) is 23.2 Å². The van der Waals surface area contributed by atoms with Crippen molar-refractivity contribution in [2.45, 2.75) is 17.2 Å². The van der Waals surface area contributed by atoms with Gasteiger partial charge in [-0.05, 0) is 24.3 Å². The van der Waals surface area contributed by atoms with Crippen molar-refractivity contribution in [3.63, 3.8) is 0 Å². The summed E-state index contributed by atoms with van der Waals surface area (Å²) in [6.45, 7) is -0.479. The average molecular weight is 412 g/mol. The van der Waals surface area contributed by atoms with E-state index in [0.29, 0.717) is 0 Å². The fraction of sp³-hybridized carbons (Fsp3) is 0.154. The van der Waals surface area contributed by atoms with E-state index in [-0.39, 0.29) is 15.7 Å². The highest BCUT2D eigenvalue weighted by atomic mass is 35.5.